The second-order valence-corrected chi connectivity index (χ2v) is 8.21. The molecule has 0 spiro atoms. The number of nitrogens with one attached hydrogen (secondary N) is 1. The lowest BCUT2D eigenvalue weighted by atomic mass is 9.91. The number of nitrogens with zero attached hydrogens (tertiary/aromatic N) is 2. The van der Waals surface area contributed by atoms with E-state index in [9.17, 15) is 19.5 Å². The monoisotopic (exact) mass is 491 g/mol. The van der Waals surface area contributed by atoms with Crippen molar-refractivity contribution in [3.05, 3.63) is 95.7 Å². The van der Waals surface area contributed by atoms with Gasteiger partial charge >= 0.3 is 5.97 Å². The third-order valence-corrected chi connectivity index (χ3v) is 5.43. The van der Waals surface area contributed by atoms with E-state index in [0.29, 0.717) is 19.3 Å². The SMILES string of the molecule is CN(/C=C\C=C(/C=O)C(=O)NC(CCCN=C(N)N)C(=O)O)CC(c1ccccc1)c1ccccc1. The van der Waals surface area contributed by atoms with E-state index in [0.717, 1.165) is 0 Å². The molecule has 0 heterocycles. The summed E-state index contributed by atoms with van der Waals surface area (Å²) in [5, 5.41) is 11.7. The molecule has 0 aliphatic heterocycles. The van der Waals surface area contributed by atoms with Crippen LogP contribution in [-0.2, 0) is 14.4 Å². The summed E-state index contributed by atoms with van der Waals surface area (Å²) in [5.41, 5.74) is 12.7. The van der Waals surface area contributed by atoms with Crippen LogP contribution in [0.5, 0.6) is 0 Å². The second kappa shape index (κ2) is 14.8. The van der Waals surface area contributed by atoms with Crippen LogP contribution in [0.3, 0.4) is 0 Å². The molecule has 0 fully saturated rings. The zero-order valence-corrected chi connectivity index (χ0v) is 20.3. The summed E-state index contributed by atoms with van der Waals surface area (Å²) in [7, 11) is 1.90. The fourth-order valence-corrected chi connectivity index (χ4v) is 3.59. The first-order chi connectivity index (χ1) is 17.3. The van der Waals surface area contributed by atoms with Crippen molar-refractivity contribution < 1.29 is 19.5 Å². The number of carbonyl (C=O) groups is 3. The van der Waals surface area contributed by atoms with Gasteiger partial charge in [0, 0.05) is 26.1 Å². The quantitative estimate of drug-likeness (QED) is 0.0461. The number of carboxylic acids is 1. The number of aldehydes is 1. The van der Waals surface area contributed by atoms with E-state index in [-0.39, 0.29) is 30.4 Å². The van der Waals surface area contributed by atoms with Gasteiger partial charge in [0.25, 0.3) is 5.91 Å². The third-order valence-electron chi connectivity index (χ3n) is 5.43. The third kappa shape index (κ3) is 9.46. The number of benzene rings is 2. The Labute approximate surface area is 211 Å². The summed E-state index contributed by atoms with van der Waals surface area (Å²) in [4.78, 5) is 41.2. The predicted molar refractivity (Wildman–Crippen MR) is 140 cm³/mol. The van der Waals surface area contributed by atoms with Gasteiger partial charge in [0.2, 0.25) is 0 Å². The maximum absolute atomic E-state index is 12.5. The van der Waals surface area contributed by atoms with E-state index >= 15 is 0 Å². The fraction of sp³-hybridized carbons (Fsp3) is 0.259. The summed E-state index contributed by atoms with van der Waals surface area (Å²) >= 11 is 0. The first-order valence-corrected chi connectivity index (χ1v) is 11.5. The van der Waals surface area contributed by atoms with Crippen molar-refractivity contribution in [1.29, 1.82) is 0 Å². The topological polar surface area (TPSA) is 151 Å². The first kappa shape index (κ1) is 27.8. The van der Waals surface area contributed by atoms with Crippen LogP contribution < -0.4 is 16.8 Å². The fourth-order valence-electron chi connectivity index (χ4n) is 3.59. The van der Waals surface area contributed by atoms with Crippen LogP contribution >= 0.6 is 0 Å². The van der Waals surface area contributed by atoms with Crippen molar-refractivity contribution in [3.63, 3.8) is 0 Å². The molecule has 0 bridgehead atoms. The highest BCUT2D eigenvalue weighted by Crippen LogP contribution is 2.25. The number of rotatable bonds is 14. The highest BCUT2D eigenvalue weighted by atomic mass is 16.4. The molecule has 36 heavy (non-hydrogen) atoms. The number of hydrogen-bond acceptors (Lipinski definition) is 5. The lowest BCUT2D eigenvalue weighted by Gasteiger charge is -2.24. The van der Waals surface area contributed by atoms with Gasteiger partial charge in [-0.3, -0.25) is 14.6 Å². The Morgan fingerprint density at radius 1 is 1.06 bits per heavy atom. The number of likely N-dealkylation sites (N-methyl/N-ethyl adjacent to an activating group) is 1. The number of guanidine groups is 1. The minimum absolute atomic E-state index is 0.0901. The summed E-state index contributed by atoms with van der Waals surface area (Å²) in [6.07, 6.45) is 5.57. The molecule has 6 N–H and O–H groups in total. The number of allylic oxidation sites excluding steroid dienone is 2. The molecule has 190 valence electrons. The van der Waals surface area contributed by atoms with E-state index in [4.69, 9.17) is 11.5 Å². The summed E-state index contributed by atoms with van der Waals surface area (Å²) in [6.45, 7) is 0.901. The van der Waals surface area contributed by atoms with Gasteiger partial charge in [0.05, 0.1) is 5.57 Å². The van der Waals surface area contributed by atoms with Gasteiger partial charge in [0.1, 0.15) is 6.04 Å². The predicted octanol–water partition coefficient (Wildman–Crippen LogP) is 2.01. The van der Waals surface area contributed by atoms with Crippen LogP contribution in [0, 0.1) is 0 Å². The van der Waals surface area contributed by atoms with E-state index in [2.05, 4.69) is 34.6 Å². The molecular formula is C27H33N5O4. The molecule has 1 unspecified atom stereocenters. The van der Waals surface area contributed by atoms with Gasteiger partial charge in [-0.15, -0.1) is 0 Å². The van der Waals surface area contributed by atoms with Crippen LogP contribution in [-0.4, -0.2) is 60.3 Å². The Kier molecular flexibility index (Phi) is 11.4. The molecule has 0 saturated carbocycles. The standard InChI is InChI=1S/C27H33N5O4/c1-32(18-23(20-10-4-2-5-11-20)21-12-6-3-7-13-21)17-9-14-22(19-33)25(34)31-24(26(35)36)15-8-16-30-27(28)29/h2-7,9-14,17,19,23-24H,8,15-16,18H2,1H3,(H,31,34)(H,35,36)(H4,28,29,30)/b17-9-,22-14+. The Morgan fingerprint density at radius 3 is 2.14 bits per heavy atom. The van der Waals surface area contributed by atoms with Gasteiger partial charge in [0.15, 0.2) is 12.2 Å². The van der Waals surface area contributed by atoms with E-state index in [1.807, 2.05) is 48.3 Å². The lowest BCUT2D eigenvalue weighted by molar-refractivity contribution is -0.141. The van der Waals surface area contributed by atoms with Crippen molar-refractivity contribution in [2.45, 2.75) is 24.8 Å². The van der Waals surface area contributed by atoms with Crippen LogP contribution in [0.1, 0.15) is 29.9 Å². The van der Waals surface area contributed by atoms with Crippen molar-refractivity contribution in [2.24, 2.45) is 16.5 Å². The van der Waals surface area contributed by atoms with E-state index in [1.165, 1.54) is 17.2 Å². The molecule has 9 heteroatoms. The Hall–Kier alpha value is -4.40. The van der Waals surface area contributed by atoms with Gasteiger partial charge in [-0.25, -0.2) is 4.79 Å². The van der Waals surface area contributed by atoms with Crippen molar-refractivity contribution >= 4 is 24.1 Å². The molecule has 2 aromatic carbocycles. The summed E-state index contributed by atoms with van der Waals surface area (Å²) in [6, 6.07) is 19.1. The van der Waals surface area contributed by atoms with Gasteiger partial charge in [-0.1, -0.05) is 60.7 Å². The molecular weight excluding hydrogens is 458 g/mol. The number of hydrogen-bond donors (Lipinski definition) is 4. The average molecular weight is 492 g/mol. The number of aliphatic carboxylic acids is 1. The van der Waals surface area contributed by atoms with Gasteiger partial charge in [-0.05, 0) is 42.3 Å². The molecule has 0 radical (unpaired) electrons. The zero-order chi connectivity index (χ0) is 26.3. The highest BCUT2D eigenvalue weighted by Gasteiger charge is 2.21. The van der Waals surface area contributed by atoms with E-state index < -0.39 is 17.9 Å². The molecule has 9 nitrogen and oxygen atoms in total. The molecule has 0 aliphatic carbocycles. The van der Waals surface area contributed by atoms with Crippen LogP contribution in [0.25, 0.3) is 0 Å². The van der Waals surface area contributed by atoms with Gasteiger partial charge < -0.3 is 26.8 Å². The summed E-state index contributed by atoms with van der Waals surface area (Å²) < 4.78 is 0. The number of aliphatic imine (C=N–C) groups is 1. The zero-order valence-electron chi connectivity index (χ0n) is 20.3. The lowest BCUT2D eigenvalue weighted by Crippen LogP contribution is -2.41. The number of carboxylic acid groups (broad SMARTS) is 1. The molecule has 0 saturated heterocycles. The molecule has 0 aliphatic rings. The molecule has 1 amide bonds. The van der Waals surface area contributed by atoms with Crippen LogP contribution in [0.4, 0.5) is 0 Å². The Bertz CT molecular complexity index is 1040. The van der Waals surface area contributed by atoms with Crippen molar-refractivity contribution in [1.82, 2.24) is 10.2 Å². The largest absolute Gasteiger partial charge is 0.480 e. The number of carbonyl (C=O) groups excluding carboxylic acids is 2. The Balaban J connectivity index is 2.04. The number of nitrogens with two attached hydrogens (primary N) is 2. The second-order valence-electron chi connectivity index (χ2n) is 8.21. The van der Waals surface area contributed by atoms with Crippen LogP contribution in [0.15, 0.2) is 89.6 Å². The summed E-state index contributed by atoms with van der Waals surface area (Å²) in [5.74, 6) is -1.94. The molecule has 0 aromatic heterocycles. The van der Waals surface area contributed by atoms with Crippen molar-refractivity contribution in [2.75, 3.05) is 20.1 Å². The minimum atomic E-state index is -1.21. The van der Waals surface area contributed by atoms with E-state index in [1.54, 1.807) is 12.3 Å². The molecule has 1 atom stereocenters. The first-order valence-electron chi connectivity index (χ1n) is 11.5. The maximum Gasteiger partial charge on any atom is 0.326 e. The van der Waals surface area contributed by atoms with Crippen LogP contribution in [0.2, 0.25) is 0 Å². The van der Waals surface area contributed by atoms with Crippen molar-refractivity contribution in [3.8, 4) is 0 Å². The Morgan fingerprint density at radius 2 is 1.64 bits per heavy atom. The highest BCUT2D eigenvalue weighted by molar-refractivity contribution is 6.11. The average Bonchev–Trinajstić information content (AvgIpc) is 2.87. The smallest absolute Gasteiger partial charge is 0.326 e. The molecule has 2 rings (SSSR count). The minimum Gasteiger partial charge on any atom is -0.480 e. The number of amides is 1. The molecule has 2 aromatic rings. The normalized spacial score (nSPS) is 12.2. The van der Waals surface area contributed by atoms with Gasteiger partial charge in [-0.2, -0.15) is 0 Å². The maximum atomic E-state index is 12.5.